The molecule has 0 bridgehead atoms. The normalized spacial score (nSPS) is 17.7. The van der Waals surface area contributed by atoms with Crippen LogP contribution in [0.1, 0.15) is 12.8 Å². The number of hydrogen-bond donors (Lipinski definition) is 2. The van der Waals surface area contributed by atoms with Gasteiger partial charge in [0.1, 0.15) is 12.1 Å². The van der Waals surface area contributed by atoms with Crippen molar-refractivity contribution in [3.8, 4) is 0 Å². The van der Waals surface area contributed by atoms with Gasteiger partial charge in [0.05, 0.1) is 17.7 Å². The Balaban J connectivity index is 1.52. The molecule has 1 aliphatic heterocycles. The van der Waals surface area contributed by atoms with Crippen LogP contribution < -0.4 is 10.2 Å². The summed E-state index contributed by atoms with van der Waals surface area (Å²) in [6.07, 6.45) is -1.64. The van der Waals surface area contributed by atoms with Crippen molar-refractivity contribution in [2.24, 2.45) is 5.92 Å². The maximum Gasteiger partial charge on any atom is 0.390 e. The van der Waals surface area contributed by atoms with E-state index < -0.39 is 19.1 Å². The van der Waals surface area contributed by atoms with Gasteiger partial charge in [-0.1, -0.05) is 0 Å². The first-order chi connectivity index (χ1) is 12.9. The second kappa shape index (κ2) is 6.63. The summed E-state index contributed by atoms with van der Waals surface area (Å²) < 4.78 is 36.7. The standard InChI is InChI=1S/C16H16F3N7O/c17-16(18,19)3-5-21-15(27)9-2-6-26(7-9)14-11-10-1-4-20-12(10)24-25-13(11)22-8-23-14/h1,4,8-9H,2-3,5-7H2,(H,20,24)(H,21,27). The molecule has 1 fully saturated rings. The molecule has 11 heteroatoms. The first-order valence-electron chi connectivity index (χ1n) is 8.46. The van der Waals surface area contributed by atoms with E-state index in [1.165, 1.54) is 6.33 Å². The van der Waals surface area contributed by atoms with E-state index in [-0.39, 0.29) is 11.8 Å². The summed E-state index contributed by atoms with van der Waals surface area (Å²) in [5.41, 5.74) is 1.06. The van der Waals surface area contributed by atoms with Gasteiger partial charge in [-0.3, -0.25) is 4.79 Å². The van der Waals surface area contributed by atoms with Gasteiger partial charge < -0.3 is 15.2 Å². The fourth-order valence-corrected chi connectivity index (χ4v) is 3.30. The molecule has 2 N–H and O–H groups in total. The summed E-state index contributed by atoms with van der Waals surface area (Å²) in [5, 5.41) is 12.1. The minimum absolute atomic E-state index is 0.369. The Morgan fingerprint density at radius 1 is 1.33 bits per heavy atom. The van der Waals surface area contributed by atoms with Gasteiger partial charge in [-0.05, 0) is 12.5 Å². The van der Waals surface area contributed by atoms with E-state index >= 15 is 0 Å². The number of nitrogens with zero attached hydrogens (tertiary/aromatic N) is 5. The number of rotatable bonds is 4. The lowest BCUT2D eigenvalue weighted by molar-refractivity contribution is -0.136. The third-order valence-corrected chi connectivity index (χ3v) is 4.61. The molecule has 1 unspecified atom stereocenters. The molecular weight excluding hydrogens is 363 g/mol. The number of carbonyl (C=O) groups is 1. The van der Waals surface area contributed by atoms with E-state index in [4.69, 9.17) is 0 Å². The smallest absolute Gasteiger partial charge is 0.355 e. The van der Waals surface area contributed by atoms with Gasteiger partial charge in [0.15, 0.2) is 11.3 Å². The van der Waals surface area contributed by atoms with E-state index in [1.54, 1.807) is 6.20 Å². The Kier molecular flexibility index (Phi) is 4.28. The molecule has 27 heavy (non-hydrogen) atoms. The van der Waals surface area contributed by atoms with Gasteiger partial charge in [0, 0.05) is 31.2 Å². The van der Waals surface area contributed by atoms with Crippen LogP contribution in [0.3, 0.4) is 0 Å². The molecule has 0 saturated carbocycles. The molecule has 4 rings (SSSR count). The number of halogens is 3. The highest BCUT2D eigenvalue weighted by Crippen LogP contribution is 2.31. The molecule has 4 heterocycles. The van der Waals surface area contributed by atoms with Crippen molar-refractivity contribution in [2.75, 3.05) is 24.5 Å². The maximum atomic E-state index is 12.2. The molecule has 1 amide bonds. The minimum atomic E-state index is -4.28. The van der Waals surface area contributed by atoms with Crippen LogP contribution >= 0.6 is 0 Å². The van der Waals surface area contributed by atoms with Crippen molar-refractivity contribution in [1.29, 1.82) is 0 Å². The van der Waals surface area contributed by atoms with Gasteiger partial charge in [0.25, 0.3) is 0 Å². The third-order valence-electron chi connectivity index (χ3n) is 4.61. The molecule has 1 aliphatic rings. The Labute approximate surface area is 151 Å². The first-order valence-corrected chi connectivity index (χ1v) is 8.46. The highest BCUT2D eigenvalue weighted by molar-refractivity contribution is 6.07. The number of aromatic nitrogens is 5. The maximum absolute atomic E-state index is 12.2. The van der Waals surface area contributed by atoms with Crippen molar-refractivity contribution >= 4 is 33.8 Å². The lowest BCUT2D eigenvalue weighted by Gasteiger charge is -2.19. The topological polar surface area (TPSA) is 99.7 Å². The quantitative estimate of drug-likeness (QED) is 0.717. The van der Waals surface area contributed by atoms with Crippen LogP contribution in [0.5, 0.6) is 0 Å². The molecule has 0 aromatic carbocycles. The lowest BCUT2D eigenvalue weighted by atomic mass is 10.1. The highest BCUT2D eigenvalue weighted by atomic mass is 19.4. The largest absolute Gasteiger partial charge is 0.390 e. The summed E-state index contributed by atoms with van der Waals surface area (Å²) in [4.78, 5) is 25.6. The Bertz CT molecular complexity index is 987. The number of aromatic amines is 1. The van der Waals surface area contributed by atoms with E-state index in [2.05, 4.69) is 30.5 Å². The number of amides is 1. The summed E-state index contributed by atoms with van der Waals surface area (Å²) in [5.74, 6) is -0.114. The van der Waals surface area contributed by atoms with Crippen molar-refractivity contribution in [3.05, 3.63) is 18.6 Å². The Morgan fingerprint density at radius 3 is 3.00 bits per heavy atom. The lowest BCUT2D eigenvalue weighted by Crippen LogP contribution is -2.35. The van der Waals surface area contributed by atoms with E-state index in [0.717, 1.165) is 10.8 Å². The molecule has 0 aliphatic carbocycles. The van der Waals surface area contributed by atoms with Crippen LogP contribution in [0.25, 0.3) is 22.1 Å². The van der Waals surface area contributed by atoms with Crippen LogP contribution in [0.15, 0.2) is 18.6 Å². The molecule has 0 spiro atoms. The number of carbonyl (C=O) groups excluding carboxylic acids is 1. The number of hydrogen-bond acceptors (Lipinski definition) is 6. The van der Waals surface area contributed by atoms with Gasteiger partial charge >= 0.3 is 6.18 Å². The summed E-state index contributed by atoms with van der Waals surface area (Å²) in [6.45, 7) is 0.532. The second-order valence-electron chi connectivity index (χ2n) is 6.42. The van der Waals surface area contributed by atoms with Crippen molar-refractivity contribution in [1.82, 2.24) is 30.5 Å². The average Bonchev–Trinajstić information content (AvgIpc) is 3.29. The molecule has 1 atom stereocenters. The van der Waals surface area contributed by atoms with Crippen LogP contribution in [0.2, 0.25) is 0 Å². The van der Waals surface area contributed by atoms with E-state index in [0.29, 0.717) is 36.6 Å². The number of fused-ring (bicyclic) bond motifs is 3. The van der Waals surface area contributed by atoms with Crippen LogP contribution in [-0.4, -0.2) is 56.9 Å². The van der Waals surface area contributed by atoms with Gasteiger partial charge in [-0.2, -0.15) is 13.2 Å². The molecule has 3 aromatic rings. The first kappa shape index (κ1) is 17.4. The van der Waals surface area contributed by atoms with Crippen LogP contribution in [0, 0.1) is 5.92 Å². The van der Waals surface area contributed by atoms with Gasteiger partial charge in [-0.25, -0.2) is 9.97 Å². The fraction of sp³-hybridized carbons (Fsp3) is 0.438. The second-order valence-corrected chi connectivity index (χ2v) is 6.42. The van der Waals surface area contributed by atoms with E-state index in [9.17, 15) is 18.0 Å². The molecule has 0 radical (unpaired) electrons. The summed E-state index contributed by atoms with van der Waals surface area (Å²) >= 11 is 0. The van der Waals surface area contributed by atoms with Crippen LogP contribution in [0.4, 0.5) is 19.0 Å². The zero-order chi connectivity index (χ0) is 19.0. The fourth-order valence-electron chi connectivity index (χ4n) is 3.30. The molecular formula is C16H16F3N7O. The molecule has 8 nitrogen and oxygen atoms in total. The number of H-pyrrole nitrogens is 1. The third kappa shape index (κ3) is 3.49. The molecule has 142 valence electrons. The number of anilines is 1. The highest BCUT2D eigenvalue weighted by Gasteiger charge is 2.32. The number of alkyl halides is 3. The average molecular weight is 379 g/mol. The van der Waals surface area contributed by atoms with Crippen LogP contribution in [-0.2, 0) is 4.79 Å². The van der Waals surface area contributed by atoms with E-state index in [1.807, 2.05) is 11.0 Å². The zero-order valence-corrected chi connectivity index (χ0v) is 14.1. The predicted molar refractivity (Wildman–Crippen MR) is 91.0 cm³/mol. The summed E-state index contributed by atoms with van der Waals surface area (Å²) in [6, 6.07) is 1.86. The van der Waals surface area contributed by atoms with Gasteiger partial charge in [0.2, 0.25) is 5.91 Å². The van der Waals surface area contributed by atoms with Gasteiger partial charge in [-0.15, -0.1) is 10.2 Å². The summed E-state index contributed by atoms with van der Waals surface area (Å²) in [7, 11) is 0. The Morgan fingerprint density at radius 2 is 2.19 bits per heavy atom. The SMILES string of the molecule is O=C(NCCC(F)(F)F)C1CCN(c2ncnc3nnc4[nH]ccc4c23)C1. The molecule has 3 aromatic heterocycles. The van der Waals surface area contributed by atoms with Crippen molar-refractivity contribution in [2.45, 2.75) is 19.0 Å². The predicted octanol–water partition coefficient (Wildman–Crippen LogP) is 1.80. The minimum Gasteiger partial charge on any atom is -0.355 e. The number of nitrogens with one attached hydrogen (secondary N) is 2. The monoisotopic (exact) mass is 379 g/mol. The molecule has 1 saturated heterocycles. The Hall–Kier alpha value is -2.98. The van der Waals surface area contributed by atoms with Crippen molar-refractivity contribution in [3.63, 3.8) is 0 Å². The zero-order valence-electron chi connectivity index (χ0n) is 14.1. The van der Waals surface area contributed by atoms with Crippen molar-refractivity contribution < 1.29 is 18.0 Å².